The predicted molar refractivity (Wildman–Crippen MR) is 56.3 cm³/mol. The molecule has 0 aliphatic heterocycles. The van der Waals surface area contributed by atoms with Crippen LogP contribution < -0.4 is 0 Å². The summed E-state index contributed by atoms with van der Waals surface area (Å²) in [6.07, 6.45) is 1.03. The highest BCUT2D eigenvalue weighted by molar-refractivity contribution is 5.66. The number of ether oxygens (including phenoxy) is 2. The molecule has 0 aliphatic carbocycles. The van der Waals surface area contributed by atoms with Crippen LogP contribution in [-0.4, -0.2) is 25.2 Å². The first kappa shape index (κ1) is 14.6. The molecular weight excluding hydrogens is 215 g/mol. The molecule has 4 nitrogen and oxygen atoms in total. The minimum Gasteiger partial charge on any atom is -0.466 e. The molecule has 0 bridgehead atoms. The molecular formula is C11H17FO4. The number of carbonyl (C=O) groups excluding carboxylic acids is 2. The van der Waals surface area contributed by atoms with E-state index in [9.17, 15) is 14.0 Å². The highest BCUT2D eigenvalue weighted by atomic mass is 19.1. The zero-order valence-corrected chi connectivity index (χ0v) is 9.84. The molecule has 0 aromatic heterocycles. The van der Waals surface area contributed by atoms with Crippen molar-refractivity contribution in [2.24, 2.45) is 0 Å². The molecule has 0 rings (SSSR count). The number of hydrogen-bond acceptors (Lipinski definition) is 4. The van der Waals surface area contributed by atoms with Gasteiger partial charge < -0.3 is 9.47 Å². The lowest BCUT2D eigenvalue weighted by molar-refractivity contribution is -0.141. The third kappa shape index (κ3) is 7.96. The fraction of sp³-hybridized carbons (Fsp3) is 0.636. The lowest BCUT2D eigenvalue weighted by atomic mass is 10.1. The van der Waals surface area contributed by atoms with E-state index in [4.69, 9.17) is 4.74 Å². The van der Waals surface area contributed by atoms with Crippen LogP contribution in [0.2, 0.25) is 0 Å². The molecule has 0 amide bonds. The highest BCUT2D eigenvalue weighted by Crippen LogP contribution is 2.12. The van der Waals surface area contributed by atoms with Crippen molar-refractivity contribution >= 4 is 11.9 Å². The molecule has 0 unspecified atom stereocenters. The SMILES string of the molecule is CC(=O)OCCC/C(C)=C(\F)COC(C)=O. The van der Waals surface area contributed by atoms with Gasteiger partial charge in [-0.2, -0.15) is 0 Å². The summed E-state index contributed by atoms with van der Waals surface area (Å²) in [4.78, 5) is 20.9. The zero-order valence-electron chi connectivity index (χ0n) is 9.84. The molecule has 0 heterocycles. The highest BCUT2D eigenvalue weighted by Gasteiger charge is 2.04. The average Bonchev–Trinajstić information content (AvgIpc) is 2.20. The molecule has 0 aromatic rings. The molecule has 0 atom stereocenters. The van der Waals surface area contributed by atoms with Crippen molar-refractivity contribution in [3.8, 4) is 0 Å². The Bertz CT molecular complexity index is 284. The lowest BCUT2D eigenvalue weighted by Crippen LogP contribution is -2.03. The fourth-order valence-corrected chi connectivity index (χ4v) is 0.977. The van der Waals surface area contributed by atoms with Gasteiger partial charge in [-0.15, -0.1) is 0 Å². The lowest BCUT2D eigenvalue weighted by Gasteiger charge is -2.05. The smallest absolute Gasteiger partial charge is 0.303 e. The maximum absolute atomic E-state index is 13.2. The molecule has 0 aromatic carbocycles. The second kappa shape index (κ2) is 7.84. The first-order valence-electron chi connectivity index (χ1n) is 5.04. The Hall–Kier alpha value is -1.39. The molecule has 0 saturated heterocycles. The number of carbonyl (C=O) groups is 2. The van der Waals surface area contributed by atoms with E-state index >= 15 is 0 Å². The Morgan fingerprint density at radius 3 is 2.12 bits per heavy atom. The van der Waals surface area contributed by atoms with E-state index in [1.54, 1.807) is 6.92 Å². The van der Waals surface area contributed by atoms with Crippen molar-refractivity contribution in [2.45, 2.75) is 33.6 Å². The van der Waals surface area contributed by atoms with Gasteiger partial charge >= 0.3 is 11.9 Å². The maximum Gasteiger partial charge on any atom is 0.303 e. The van der Waals surface area contributed by atoms with E-state index in [-0.39, 0.29) is 19.2 Å². The summed E-state index contributed by atoms with van der Waals surface area (Å²) in [7, 11) is 0. The van der Waals surface area contributed by atoms with Gasteiger partial charge in [0.2, 0.25) is 0 Å². The van der Waals surface area contributed by atoms with E-state index in [2.05, 4.69) is 4.74 Å². The van der Waals surface area contributed by atoms with Gasteiger partial charge in [-0.1, -0.05) is 0 Å². The first-order valence-corrected chi connectivity index (χ1v) is 5.04. The molecule has 5 heteroatoms. The summed E-state index contributed by atoms with van der Waals surface area (Å²) in [6, 6.07) is 0. The Balaban J connectivity index is 3.83. The van der Waals surface area contributed by atoms with Crippen molar-refractivity contribution in [1.29, 1.82) is 0 Å². The average molecular weight is 232 g/mol. The summed E-state index contributed by atoms with van der Waals surface area (Å²) in [5, 5.41) is 0. The van der Waals surface area contributed by atoms with Crippen molar-refractivity contribution in [2.75, 3.05) is 13.2 Å². The van der Waals surface area contributed by atoms with E-state index in [1.165, 1.54) is 13.8 Å². The number of hydrogen-bond donors (Lipinski definition) is 0. The number of rotatable bonds is 6. The first-order chi connectivity index (χ1) is 7.43. The monoisotopic (exact) mass is 232 g/mol. The van der Waals surface area contributed by atoms with Crippen molar-refractivity contribution < 1.29 is 23.5 Å². The van der Waals surface area contributed by atoms with Gasteiger partial charge in [-0.3, -0.25) is 9.59 Å². The van der Waals surface area contributed by atoms with Gasteiger partial charge in [0.15, 0.2) is 0 Å². The van der Waals surface area contributed by atoms with Crippen LogP contribution in [0.1, 0.15) is 33.6 Å². The summed E-state index contributed by atoms with van der Waals surface area (Å²) in [6.45, 7) is 4.11. The second-order valence-electron chi connectivity index (χ2n) is 3.41. The molecule has 0 spiro atoms. The van der Waals surface area contributed by atoms with Crippen LogP contribution in [0.15, 0.2) is 11.4 Å². The van der Waals surface area contributed by atoms with Crippen LogP contribution >= 0.6 is 0 Å². The van der Waals surface area contributed by atoms with Crippen molar-refractivity contribution in [1.82, 2.24) is 0 Å². The van der Waals surface area contributed by atoms with E-state index in [1.807, 2.05) is 0 Å². The minimum atomic E-state index is -0.511. The number of halogens is 1. The Morgan fingerprint density at radius 2 is 1.62 bits per heavy atom. The third-order valence-electron chi connectivity index (χ3n) is 1.87. The summed E-state index contributed by atoms with van der Waals surface area (Å²) < 4.78 is 22.5. The van der Waals surface area contributed by atoms with E-state index in [0.29, 0.717) is 18.4 Å². The van der Waals surface area contributed by atoms with Crippen LogP contribution in [0.4, 0.5) is 4.39 Å². The normalized spacial score (nSPS) is 11.8. The third-order valence-corrected chi connectivity index (χ3v) is 1.87. The molecule has 0 N–H and O–H groups in total. The molecule has 0 aliphatic rings. The van der Waals surface area contributed by atoms with Crippen molar-refractivity contribution in [3.63, 3.8) is 0 Å². The molecule has 92 valence electrons. The number of allylic oxidation sites excluding steroid dienone is 1. The van der Waals surface area contributed by atoms with Gasteiger partial charge in [0, 0.05) is 13.8 Å². The fourth-order valence-electron chi connectivity index (χ4n) is 0.977. The summed E-state index contributed by atoms with van der Waals surface area (Å²) in [5.41, 5.74) is 0.508. The van der Waals surface area contributed by atoms with Gasteiger partial charge in [0.25, 0.3) is 0 Å². The second-order valence-corrected chi connectivity index (χ2v) is 3.41. The van der Waals surface area contributed by atoms with Crippen LogP contribution in [0.5, 0.6) is 0 Å². The standard InChI is InChI=1S/C11H17FO4/c1-8(5-4-6-15-9(2)13)11(12)7-16-10(3)14/h4-7H2,1-3H3/b11-8-. The zero-order chi connectivity index (χ0) is 12.6. The minimum absolute atomic E-state index is 0.271. The summed E-state index contributed by atoms with van der Waals surface area (Å²) in [5.74, 6) is -1.30. The largest absolute Gasteiger partial charge is 0.466 e. The molecule has 0 saturated carbocycles. The van der Waals surface area contributed by atoms with Gasteiger partial charge in [0.1, 0.15) is 12.4 Å². The van der Waals surface area contributed by atoms with Crippen LogP contribution in [0.3, 0.4) is 0 Å². The Kier molecular flexibility index (Phi) is 7.16. The Morgan fingerprint density at radius 1 is 1.06 bits per heavy atom. The van der Waals surface area contributed by atoms with E-state index in [0.717, 1.165) is 0 Å². The molecule has 16 heavy (non-hydrogen) atoms. The Labute approximate surface area is 94.4 Å². The maximum atomic E-state index is 13.2. The quantitative estimate of drug-likeness (QED) is 0.520. The topological polar surface area (TPSA) is 52.6 Å². The number of esters is 2. The van der Waals surface area contributed by atoms with Crippen molar-refractivity contribution in [3.05, 3.63) is 11.4 Å². The van der Waals surface area contributed by atoms with Gasteiger partial charge in [0.05, 0.1) is 6.61 Å². The summed E-state index contributed by atoms with van der Waals surface area (Å²) >= 11 is 0. The van der Waals surface area contributed by atoms with Gasteiger partial charge in [-0.25, -0.2) is 4.39 Å². The van der Waals surface area contributed by atoms with Gasteiger partial charge in [-0.05, 0) is 25.3 Å². The van der Waals surface area contributed by atoms with E-state index < -0.39 is 11.8 Å². The van der Waals surface area contributed by atoms with Crippen LogP contribution in [-0.2, 0) is 19.1 Å². The van der Waals surface area contributed by atoms with Crippen LogP contribution in [0, 0.1) is 0 Å². The van der Waals surface area contributed by atoms with Crippen LogP contribution in [0.25, 0.3) is 0 Å². The molecule has 0 fully saturated rings. The molecule has 0 radical (unpaired) electrons. The predicted octanol–water partition coefficient (Wildman–Crippen LogP) is 2.14.